The number of para-hydroxylation sites is 1. The highest BCUT2D eigenvalue weighted by Crippen LogP contribution is 2.28. The van der Waals surface area contributed by atoms with Crippen molar-refractivity contribution in [2.45, 2.75) is 34.1 Å². The average molecular weight is 469 g/mol. The molecule has 0 aliphatic carbocycles. The van der Waals surface area contributed by atoms with Crippen LogP contribution in [0.5, 0.6) is 5.75 Å². The molecule has 0 spiro atoms. The second-order valence-electron chi connectivity index (χ2n) is 8.72. The van der Waals surface area contributed by atoms with Crippen molar-refractivity contribution in [1.82, 2.24) is 5.32 Å². The van der Waals surface area contributed by atoms with Gasteiger partial charge in [0, 0.05) is 6.42 Å². The molecule has 1 heterocycles. The normalized spacial score (nSPS) is 14.9. The number of carbonyl (C=O) groups excluding carboxylic acids is 3. The number of carbonyl (C=O) groups is 3. The smallest absolute Gasteiger partial charge is 0.335 e. The number of amides is 4. The zero-order chi connectivity index (χ0) is 25.1. The van der Waals surface area contributed by atoms with E-state index in [0.717, 1.165) is 16.0 Å². The van der Waals surface area contributed by atoms with E-state index in [1.165, 1.54) is 22.8 Å². The third kappa shape index (κ3) is 5.17. The summed E-state index contributed by atoms with van der Waals surface area (Å²) in [6, 6.07) is 18.4. The van der Waals surface area contributed by atoms with Crippen LogP contribution in [0.25, 0.3) is 6.08 Å². The van der Waals surface area contributed by atoms with Gasteiger partial charge in [0.2, 0.25) is 0 Å². The highest BCUT2D eigenvalue weighted by molar-refractivity contribution is 6.39. The molecule has 0 radical (unpaired) electrons. The number of anilines is 1. The molecule has 1 N–H and O–H groups in total. The lowest BCUT2D eigenvalue weighted by molar-refractivity contribution is -0.122. The third-order valence-electron chi connectivity index (χ3n) is 5.84. The minimum Gasteiger partial charge on any atom is -0.494 e. The van der Waals surface area contributed by atoms with E-state index in [2.05, 4.69) is 37.4 Å². The fourth-order valence-corrected chi connectivity index (χ4v) is 4.35. The van der Waals surface area contributed by atoms with Crippen molar-refractivity contribution in [2.24, 2.45) is 0 Å². The van der Waals surface area contributed by atoms with Crippen molar-refractivity contribution in [3.05, 3.63) is 99.6 Å². The molecule has 0 aromatic heterocycles. The number of rotatable bonds is 6. The second kappa shape index (κ2) is 9.97. The Kier molecular flexibility index (Phi) is 6.82. The molecular formula is C29H28N2O4. The van der Waals surface area contributed by atoms with E-state index in [1.807, 2.05) is 31.2 Å². The summed E-state index contributed by atoms with van der Waals surface area (Å²) in [5, 5.41) is 2.28. The van der Waals surface area contributed by atoms with Gasteiger partial charge in [-0.25, -0.2) is 9.69 Å². The first-order chi connectivity index (χ1) is 16.8. The van der Waals surface area contributed by atoms with Crippen molar-refractivity contribution >= 4 is 29.6 Å². The van der Waals surface area contributed by atoms with Gasteiger partial charge in [0.05, 0.1) is 12.3 Å². The molecule has 3 aromatic carbocycles. The van der Waals surface area contributed by atoms with Crippen LogP contribution in [0.2, 0.25) is 0 Å². The fraction of sp³-hybridized carbons (Fsp3) is 0.207. The second-order valence-corrected chi connectivity index (χ2v) is 8.72. The van der Waals surface area contributed by atoms with Crippen molar-refractivity contribution in [3.63, 3.8) is 0 Å². The summed E-state index contributed by atoms with van der Waals surface area (Å²) in [4.78, 5) is 39.3. The van der Waals surface area contributed by atoms with Gasteiger partial charge in [0.1, 0.15) is 11.3 Å². The van der Waals surface area contributed by atoms with Crippen LogP contribution in [0.15, 0.2) is 66.2 Å². The molecular weight excluding hydrogens is 440 g/mol. The van der Waals surface area contributed by atoms with E-state index in [0.29, 0.717) is 30.0 Å². The predicted octanol–water partition coefficient (Wildman–Crippen LogP) is 5.27. The number of aryl methyl sites for hydroxylation is 3. The van der Waals surface area contributed by atoms with Crippen molar-refractivity contribution in [2.75, 3.05) is 11.5 Å². The Bertz CT molecular complexity index is 1340. The molecule has 4 amide bonds. The number of nitrogens with one attached hydrogen (secondary N) is 1. The quantitative estimate of drug-likeness (QED) is 0.395. The van der Waals surface area contributed by atoms with Crippen LogP contribution in [0.3, 0.4) is 0 Å². The van der Waals surface area contributed by atoms with Gasteiger partial charge < -0.3 is 4.74 Å². The van der Waals surface area contributed by atoms with Crippen LogP contribution < -0.4 is 15.0 Å². The van der Waals surface area contributed by atoms with Crippen molar-refractivity contribution < 1.29 is 19.1 Å². The van der Waals surface area contributed by atoms with Crippen LogP contribution in [0.1, 0.15) is 40.3 Å². The molecule has 4 rings (SSSR count). The highest BCUT2D eigenvalue weighted by atomic mass is 16.5. The Balaban J connectivity index is 1.69. The molecule has 0 atom stereocenters. The van der Waals surface area contributed by atoms with Gasteiger partial charge in [-0.2, -0.15) is 0 Å². The van der Waals surface area contributed by atoms with E-state index < -0.39 is 17.8 Å². The lowest BCUT2D eigenvalue weighted by Gasteiger charge is -2.27. The molecule has 178 valence electrons. The van der Waals surface area contributed by atoms with Gasteiger partial charge in [-0.3, -0.25) is 14.9 Å². The van der Waals surface area contributed by atoms with Gasteiger partial charge in [0.25, 0.3) is 11.8 Å². The van der Waals surface area contributed by atoms with E-state index in [1.54, 1.807) is 25.1 Å². The van der Waals surface area contributed by atoms with Crippen LogP contribution in [-0.4, -0.2) is 24.5 Å². The Morgan fingerprint density at radius 1 is 0.914 bits per heavy atom. The lowest BCUT2D eigenvalue weighted by Crippen LogP contribution is -2.54. The minimum absolute atomic E-state index is 0.114. The lowest BCUT2D eigenvalue weighted by atomic mass is 9.98. The van der Waals surface area contributed by atoms with Gasteiger partial charge >= 0.3 is 6.03 Å². The summed E-state index contributed by atoms with van der Waals surface area (Å²) in [5.41, 5.74) is 6.31. The maximum Gasteiger partial charge on any atom is 0.335 e. The number of nitrogens with zero attached hydrogens (tertiary/aromatic N) is 1. The largest absolute Gasteiger partial charge is 0.494 e. The van der Waals surface area contributed by atoms with E-state index in [9.17, 15) is 14.4 Å². The molecule has 0 unspecified atom stereocenters. The standard InChI is InChI=1S/C29H28N2O4/c1-5-35-26-17-21(10-11-23(26)15-22-13-18(2)12-19(3)14-22)16-24-27(32)30-29(34)31(28(24)33)25-9-7-6-8-20(25)4/h6-14,16-17H,5,15H2,1-4H3,(H,30,32,34)/b24-16+. The topological polar surface area (TPSA) is 75.7 Å². The predicted molar refractivity (Wildman–Crippen MR) is 137 cm³/mol. The van der Waals surface area contributed by atoms with Gasteiger partial charge in [-0.05, 0) is 68.2 Å². The summed E-state index contributed by atoms with van der Waals surface area (Å²) in [7, 11) is 0. The average Bonchev–Trinajstić information content (AvgIpc) is 2.79. The maximum atomic E-state index is 13.2. The van der Waals surface area contributed by atoms with E-state index in [4.69, 9.17) is 4.74 Å². The van der Waals surface area contributed by atoms with Crippen molar-refractivity contribution in [3.8, 4) is 5.75 Å². The molecule has 1 fully saturated rings. The SMILES string of the molecule is CCOc1cc(/C=C2\C(=O)NC(=O)N(c3ccccc3C)C2=O)ccc1Cc1cc(C)cc(C)c1. The molecule has 35 heavy (non-hydrogen) atoms. The van der Waals surface area contributed by atoms with E-state index in [-0.39, 0.29) is 5.57 Å². The van der Waals surface area contributed by atoms with Crippen LogP contribution in [0, 0.1) is 20.8 Å². The van der Waals surface area contributed by atoms with Gasteiger partial charge in [-0.1, -0.05) is 59.7 Å². The molecule has 6 nitrogen and oxygen atoms in total. The molecule has 0 saturated carbocycles. The third-order valence-corrected chi connectivity index (χ3v) is 5.84. The summed E-state index contributed by atoms with van der Waals surface area (Å²) >= 11 is 0. The molecule has 6 heteroatoms. The fourth-order valence-electron chi connectivity index (χ4n) is 4.35. The molecule has 1 aliphatic rings. The zero-order valence-electron chi connectivity index (χ0n) is 20.3. The number of urea groups is 1. The molecule has 1 saturated heterocycles. The Morgan fingerprint density at radius 2 is 1.63 bits per heavy atom. The minimum atomic E-state index is -0.759. The van der Waals surface area contributed by atoms with Crippen LogP contribution in [0.4, 0.5) is 10.5 Å². The highest BCUT2D eigenvalue weighted by Gasteiger charge is 2.37. The molecule has 0 bridgehead atoms. The number of hydrogen-bond acceptors (Lipinski definition) is 4. The summed E-state index contributed by atoms with van der Waals surface area (Å²) in [6.45, 7) is 8.35. The number of barbiturate groups is 1. The van der Waals surface area contributed by atoms with Gasteiger partial charge in [-0.15, -0.1) is 0 Å². The molecule has 1 aliphatic heterocycles. The Hall–Kier alpha value is -4.19. The maximum absolute atomic E-state index is 13.2. The summed E-state index contributed by atoms with van der Waals surface area (Å²) < 4.78 is 5.90. The van der Waals surface area contributed by atoms with E-state index >= 15 is 0 Å². The Labute approximate surface area is 205 Å². The number of ether oxygens (including phenoxy) is 1. The van der Waals surface area contributed by atoms with Gasteiger partial charge in [0.15, 0.2) is 0 Å². The molecule has 3 aromatic rings. The summed E-state index contributed by atoms with van der Waals surface area (Å²) in [6.07, 6.45) is 2.20. The first-order valence-corrected chi connectivity index (χ1v) is 11.6. The zero-order valence-corrected chi connectivity index (χ0v) is 20.3. The van der Waals surface area contributed by atoms with Crippen LogP contribution in [-0.2, 0) is 16.0 Å². The first-order valence-electron chi connectivity index (χ1n) is 11.6. The van der Waals surface area contributed by atoms with Crippen molar-refractivity contribution in [1.29, 1.82) is 0 Å². The number of hydrogen-bond donors (Lipinski definition) is 1. The summed E-state index contributed by atoms with van der Waals surface area (Å²) in [5.74, 6) is -0.691. The first kappa shape index (κ1) is 24.0. The monoisotopic (exact) mass is 468 g/mol. The Morgan fingerprint density at radius 3 is 2.31 bits per heavy atom. The number of imide groups is 2. The van der Waals surface area contributed by atoms with Crippen LogP contribution >= 0.6 is 0 Å². The number of benzene rings is 3.